The second kappa shape index (κ2) is 23.1. The first-order valence-electron chi connectivity index (χ1n) is 22.1. The van der Waals surface area contributed by atoms with E-state index in [2.05, 4.69) is 31.6 Å². The minimum atomic E-state index is -5.03. The van der Waals surface area contributed by atoms with Crippen LogP contribution in [0.4, 0.5) is 68.3 Å². The highest BCUT2D eigenvalue weighted by Gasteiger charge is 2.37. The van der Waals surface area contributed by atoms with Gasteiger partial charge in [0.25, 0.3) is 5.69 Å². The molecule has 6 amide bonds. The van der Waals surface area contributed by atoms with Crippen molar-refractivity contribution in [3.05, 3.63) is 75.8 Å². The number of guanidine groups is 1. The third-order valence-corrected chi connectivity index (χ3v) is 9.14. The summed E-state index contributed by atoms with van der Waals surface area (Å²) in [7, 11) is 0. The van der Waals surface area contributed by atoms with Crippen molar-refractivity contribution in [3.63, 3.8) is 0 Å². The Morgan fingerprint density at radius 1 is 0.736 bits per heavy atom. The summed E-state index contributed by atoms with van der Waals surface area (Å²) in [5, 5.41) is 23.5. The number of urea groups is 1. The summed E-state index contributed by atoms with van der Waals surface area (Å²) < 4.78 is 111. The number of alkyl carbamates (subject to hydrolysis) is 1. The topological polar surface area (TPSA) is 250 Å². The normalized spacial score (nSPS) is 14.4. The fourth-order valence-electron chi connectivity index (χ4n) is 6.24. The van der Waals surface area contributed by atoms with E-state index >= 15 is 0 Å². The molecule has 72 heavy (non-hydrogen) atoms. The van der Waals surface area contributed by atoms with Gasteiger partial charge < -0.3 is 49.9 Å². The fraction of sp³-hybridized carbons (Fsp3) is 0.478. The lowest BCUT2D eigenvalue weighted by molar-refractivity contribution is -0.385. The number of ether oxygens (including phenoxy) is 5. The minimum Gasteiger partial charge on any atom is -0.484 e. The van der Waals surface area contributed by atoms with Crippen LogP contribution in [0.5, 0.6) is 17.2 Å². The Kier molecular flexibility index (Phi) is 18.3. The number of nitro groups is 1. The summed E-state index contributed by atoms with van der Waals surface area (Å²) in [6, 6.07) is 6.55. The van der Waals surface area contributed by atoms with E-state index in [-0.39, 0.29) is 62.7 Å². The first-order valence-corrected chi connectivity index (χ1v) is 22.1. The minimum absolute atomic E-state index is 0.0000162. The number of alkyl halides is 6. The van der Waals surface area contributed by atoms with E-state index in [1.807, 2.05) is 0 Å². The summed E-state index contributed by atoms with van der Waals surface area (Å²) in [5.74, 6) is -2.13. The Morgan fingerprint density at radius 3 is 1.89 bits per heavy atom. The molecule has 394 valence electrons. The van der Waals surface area contributed by atoms with Gasteiger partial charge in [0.15, 0.2) is 5.75 Å². The van der Waals surface area contributed by atoms with Gasteiger partial charge in [0.2, 0.25) is 11.9 Å². The fourth-order valence-corrected chi connectivity index (χ4v) is 6.24. The molecule has 0 bridgehead atoms. The predicted octanol–water partition coefficient (Wildman–Crippen LogP) is 11.0. The standard InChI is InChI=1S/C46H56F6N8O12/c1-42(2,3)70-39(63)57-37(58-40(64)71-43(4,5)6)53-18-11-10-12-35(61)55-33-22-27(46(50,51)52)23-34(36(33)69-31-17-19-59(25-31)41(65)72-44(7,8)9)56-38(62)54-28-13-15-30(16-14-28)68-32-21-26(45(47,48)49)20-29(24-32)60(66)67/h13-16,20-24,31H,10-12,17-19,25H2,1-9H3,(H,55,61)(H2,54,56,62)(H2,53,57,58,63,64)/t31-/m1/s1. The third kappa shape index (κ3) is 19.3. The van der Waals surface area contributed by atoms with E-state index in [0.717, 1.165) is 6.07 Å². The number of nitro benzene ring substituents is 1. The maximum atomic E-state index is 14.5. The first kappa shape index (κ1) is 57.0. The summed E-state index contributed by atoms with van der Waals surface area (Å²) >= 11 is 0. The van der Waals surface area contributed by atoms with Gasteiger partial charge in [-0.05, 0) is 118 Å². The monoisotopic (exact) mass is 1030 g/mol. The van der Waals surface area contributed by atoms with Crippen LogP contribution in [0.25, 0.3) is 0 Å². The number of anilines is 3. The molecule has 3 aromatic carbocycles. The number of rotatable bonds is 13. The number of carbonyl (C=O) groups excluding carboxylic acids is 5. The number of halogens is 6. The van der Waals surface area contributed by atoms with E-state index in [1.54, 1.807) is 62.3 Å². The van der Waals surface area contributed by atoms with Crippen LogP contribution in [0.15, 0.2) is 59.6 Å². The molecule has 1 aliphatic heterocycles. The summed E-state index contributed by atoms with van der Waals surface area (Å²) in [6.45, 7) is 14.7. The molecule has 0 spiro atoms. The SMILES string of the molecule is CC(C)(C)OC(=O)/N=C(/NCCCCC(=O)Nc1cc(C(F)(F)F)cc(NC(=O)Nc2ccc(Oc3cc([N+](=O)[O-])cc(C(F)(F)F)c3)cc2)c1O[C@@H]1CCN(C(=O)OC(C)(C)C)C1)NC(=O)OC(C)(C)C. The number of hydrogen-bond acceptors (Lipinski definition) is 12. The molecule has 0 aromatic heterocycles. The summed E-state index contributed by atoms with van der Waals surface area (Å²) in [6.07, 6.45) is -13.3. The van der Waals surface area contributed by atoms with Crippen molar-refractivity contribution in [3.8, 4) is 17.2 Å². The maximum absolute atomic E-state index is 14.5. The molecule has 1 fully saturated rings. The number of aliphatic imine (C=N–C) groups is 1. The quantitative estimate of drug-likeness (QED) is 0.0203. The lowest BCUT2D eigenvalue weighted by Gasteiger charge is -2.25. The average molecular weight is 1030 g/mol. The van der Waals surface area contributed by atoms with Crippen molar-refractivity contribution in [2.24, 2.45) is 4.99 Å². The highest BCUT2D eigenvalue weighted by Crippen LogP contribution is 2.43. The zero-order valence-corrected chi connectivity index (χ0v) is 40.7. The molecule has 4 rings (SSSR count). The molecule has 20 nitrogen and oxygen atoms in total. The number of nitrogens with zero attached hydrogens (tertiary/aromatic N) is 3. The van der Waals surface area contributed by atoms with Crippen LogP contribution in [0.3, 0.4) is 0 Å². The maximum Gasteiger partial charge on any atom is 0.437 e. The molecule has 1 saturated heterocycles. The molecule has 0 radical (unpaired) electrons. The van der Waals surface area contributed by atoms with Gasteiger partial charge in [-0.15, -0.1) is 4.99 Å². The van der Waals surface area contributed by atoms with Crippen molar-refractivity contribution in [2.45, 2.75) is 123 Å². The molecule has 26 heteroatoms. The first-order chi connectivity index (χ1) is 33.1. The number of non-ortho nitro benzene ring substituents is 1. The van der Waals surface area contributed by atoms with Gasteiger partial charge in [0.1, 0.15) is 34.4 Å². The Labute approximate surface area is 409 Å². The van der Waals surface area contributed by atoms with Crippen LogP contribution in [0.2, 0.25) is 0 Å². The van der Waals surface area contributed by atoms with Gasteiger partial charge in [-0.2, -0.15) is 26.3 Å². The van der Waals surface area contributed by atoms with Gasteiger partial charge in [-0.1, -0.05) is 0 Å². The number of amides is 6. The predicted molar refractivity (Wildman–Crippen MR) is 249 cm³/mol. The van der Waals surface area contributed by atoms with Crippen molar-refractivity contribution in [1.82, 2.24) is 15.5 Å². The molecule has 0 aliphatic carbocycles. The average Bonchev–Trinajstić information content (AvgIpc) is 3.68. The largest absolute Gasteiger partial charge is 0.484 e. The number of benzene rings is 3. The molecule has 1 atom stereocenters. The number of unbranched alkanes of at least 4 members (excludes halogenated alkanes) is 1. The number of nitrogens with one attached hydrogen (secondary N) is 5. The van der Waals surface area contributed by atoms with Gasteiger partial charge in [0, 0.05) is 37.7 Å². The molecule has 5 N–H and O–H groups in total. The smallest absolute Gasteiger partial charge is 0.437 e. The summed E-state index contributed by atoms with van der Waals surface area (Å²) in [4.78, 5) is 79.9. The van der Waals surface area contributed by atoms with Crippen LogP contribution in [0.1, 0.15) is 99.1 Å². The molecule has 1 heterocycles. The van der Waals surface area contributed by atoms with E-state index in [1.165, 1.54) is 29.2 Å². The number of likely N-dealkylation sites (tertiary alicyclic amines) is 1. The zero-order chi connectivity index (χ0) is 54.0. The van der Waals surface area contributed by atoms with Gasteiger partial charge in [-0.25, -0.2) is 19.2 Å². The van der Waals surface area contributed by atoms with Crippen LogP contribution >= 0.6 is 0 Å². The van der Waals surface area contributed by atoms with Crippen molar-refractivity contribution in [2.75, 3.05) is 35.6 Å². The highest BCUT2D eigenvalue weighted by molar-refractivity contribution is 6.03. The summed E-state index contributed by atoms with van der Waals surface area (Å²) in [5.41, 5.74) is -7.25. The molecular formula is C46H56F6N8O12. The van der Waals surface area contributed by atoms with Crippen LogP contribution in [-0.4, -0.2) is 88.5 Å². The Hall–Kier alpha value is -7.54. The Balaban J connectivity index is 1.55. The molecule has 0 unspecified atom stereocenters. The third-order valence-electron chi connectivity index (χ3n) is 9.14. The van der Waals surface area contributed by atoms with Gasteiger partial charge in [-0.3, -0.25) is 20.2 Å². The van der Waals surface area contributed by atoms with E-state index in [9.17, 15) is 60.4 Å². The van der Waals surface area contributed by atoms with E-state index in [4.69, 9.17) is 23.7 Å². The van der Waals surface area contributed by atoms with Crippen molar-refractivity contribution >= 4 is 58.9 Å². The highest BCUT2D eigenvalue weighted by atomic mass is 19.4. The van der Waals surface area contributed by atoms with Crippen LogP contribution in [0, 0.1) is 10.1 Å². The van der Waals surface area contributed by atoms with Crippen LogP contribution in [-0.2, 0) is 31.4 Å². The Morgan fingerprint density at radius 2 is 1.32 bits per heavy atom. The second-order valence-electron chi connectivity index (χ2n) is 19.0. The van der Waals surface area contributed by atoms with E-state index in [0.29, 0.717) is 24.3 Å². The van der Waals surface area contributed by atoms with Crippen molar-refractivity contribution < 1.29 is 78.9 Å². The Bertz CT molecular complexity index is 2500. The molecular weight excluding hydrogens is 971 g/mol. The molecule has 1 aliphatic rings. The van der Waals surface area contributed by atoms with Crippen molar-refractivity contribution in [1.29, 1.82) is 0 Å². The van der Waals surface area contributed by atoms with Gasteiger partial charge >= 0.3 is 36.7 Å². The number of hydrogen-bond donors (Lipinski definition) is 5. The van der Waals surface area contributed by atoms with E-state index < -0.39 is 110 Å². The van der Waals surface area contributed by atoms with Crippen LogP contribution < -0.4 is 36.1 Å². The lowest BCUT2D eigenvalue weighted by atomic mass is 10.1. The molecule has 0 saturated carbocycles. The lowest BCUT2D eigenvalue weighted by Crippen LogP contribution is -2.44. The second-order valence-corrected chi connectivity index (χ2v) is 19.0. The van der Waals surface area contributed by atoms with Gasteiger partial charge in [0.05, 0.1) is 40.0 Å². The number of carbonyl (C=O) groups is 5. The molecule has 3 aromatic rings. The zero-order valence-electron chi connectivity index (χ0n) is 40.7.